The maximum absolute atomic E-state index is 12.9. The number of carbonyl (C=O) groups is 1. The number of pyridine rings is 1. The lowest BCUT2D eigenvalue weighted by molar-refractivity contribution is -0.0109. The van der Waals surface area contributed by atoms with Crippen molar-refractivity contribution in [2.75, 3.05) is 19.8 Å². The first-order valence-electron chi connectivity index (χ1n) is 7.87. The Morgan fingerprint density at radius 1 is 1.38 bits per heavy atom. The fourth-order valence-corrected chi connectivity index (χ4v) is 2.49. The molecular weight excluding hydrogens is 312 g/mol. The van der Waals surface area contributed by atoms with Crippen LogP contribution in [0.15, 0.2) is 22.6 Å². The van der Waals surface area contributed by atoms with Crippen molar-refractivity contribution in [2.24, 2.45) is 0 Å². The van der Waals surface area contributed by atoms with Gasteiger partial charge in [-0.3, -0.25) is 4.79 Å². The van der Waals surface area contributed by atoms with E-state index in [1.807, 2.05) is 13.8 Å². The predicted molar refractivity (Wildman–Crippen MR) is 83.6 cm³/mol. The summed E-state index contributed by atoms with van der Waals surface area (Å²) in [5.41, 5.74) is 0.316. The Labute approximate surface area is 139 Å². The van der Waals surface area contributed by atoms with Gasteiger partial charge in [0.2, 0.25) is 17.7 Å². The second-order valence-corrected chi connectivity index (χ2v) is 5.78. The third-order valence-electron chi connectivity index (χ3n) is 3.52. The van der Waals surface area contributed by atoms with Gasteiger partial charge in [0.15, 0.2) is 0 Å². The SMILES string of the molecule is Cc1nnc(C2COCCN2C(=O)c2cccc(OC(C)C)n2)o1. The summed E-state index contributed by atoms with van der Waals surface area (Å²) in [5.74, 6) is 1.03. The van der Waals surface area contributed by atoms with Gasteiger partial charge in [0.05, 0.1) is 19.3 Å². The largest absolute Gasteiger partial charge is 0.475 e. The normalized spacial score (nSPS) is 18.0. The van der Waals surface area contributed by atoms with E-state index in [0.29, 0.717) is 43.1 Å². The van der Waals surface area contributed by atoms with Crippen molar-refractivity contribution in [3.63, 3.8) is 0 Å². The lowest BCUT2D eigenvalue weighted by atomic mass is 10.2. The van der Waals surface area contributed by atoms with Crippen molar-refractivity contribution in [1.29, 1.82) is 0 Å². The van der Waals surface area contributed by atoms with Crippen LogP contribution in [0.2, 0.25) is 0 Å². The lowest BCUT2D eigenvalue weighted by Gasteiger charge is -2.33. The van der Waals surface area contributed by atoms with Crippen molar-refractivity contribution in [2.45, 2.75) is 32.9 Å². The highest BCUT2D eigenvalue weighted by Gasteiger charge is 2.33. The van der Waals surface area contributed by atoms with Crippen molar-refractivity contribution in [1.82, 2.24) is 20.1 Å². The summed E-state index contributed by atoms with van der Waals surface area (Å²) < 4.78 is 16.5. The second-order valence-electron chi connectivity index (χ2n) is 5.78. The molecule has 1 amide bonds. The minimum Gasteiger partial charge on any atom is -0.475 e. The fourth-order valence-electron chi connectivity index (χ4n) is 2.49. The van der Waals surface area contributed by atoms with E-state index in [2.05, 4.69) is 15.2 Å². The summed E-state index contributed by atoms with van der Waals surface area (Å²) in [7, 11) is 0. The zero-order chi connectivity index (χ0) is 17.1. The van der Waals surface area contributed by atoms with Crippen LogP contribution in [0.1, 0.15) is 42.2 Å². The van der Waals surface area contributed by atoms with Crippen LogP contribution >= 0.6 is 0 Å². The topological polar surface area (TPSA) is 90.6 Å². The first-order chi connectivity index (χ1) is 11.5. The summed E-state index contributed by atoms with van der Waals surface area (Å²) in [6.45, 7) is 6.73. The molecule has 24 heavy (non-hydrogen) atoms. The fraction of sp³-hybridized carbons (Fsp3) is 0.500. The first-order valence-corrected chi connectivity index (χ1v) is 7.87. The number of amides is 1. The standard InChI is InChI=1S/C16H20N4O4/c1-10(2)23-14-6-4-5-12(17-14)16(21)20-7-8-22-9-13(20)15-19-18-11(3)24-15/h4-6,10,13H,7-9H2,1-3H3. The van der Waals surface area contributed by atoms with Crippen LogP contribution in [0.5, 0.6) is 5.88 Å². The Kier molecular flexibility index (Phi) is 4.75. The molecule has 0 spiro atoms. The minimum atomic E-state index is -0.413. The van der Waals surface area contributed by atoms with Gasteiger partial charge in [0.1, 0.15) is 11.7 Å². The van der Waals surface area contributed by atoms with Crippen molar-refractivity contribution >= 4 is 5.91 Å². The molecule has 3 heterocycles. The maximum atomic E-state index is 12.9. The number of morpholine rings is 1. The Morgan fingerprint density at radius 2 is 2.21 bits per heavy atom. The summed E-state index contributed by atoms with van der Waals surface area (Å²) in [5, 5.41) is 7.85. The van der Waals surface area contributed by atoms with Gasteiger partial charge in [-0.1, -0.05) is 6.07 Å². The maximum Gasteiger partial charge on any atom is 0.273 e. The molecule has 8 heteroatoms. The van der Waals surface area contributed by atoms with E-state index in [-0.39, 0.29) is 12.0 Å². The van der Waals surface area contributed by atoms with Gasteiger partial charge in [0, 0.05) is 19.5 Å². The van der Waals surface area contributed by atoms with E-state index in [4.69, 9.17) is 13.9 Å². The lowest BCUT2D eigenvalue weighted by Crippen LogP contribution is -2.43. The highest BCUT2D eigenvalue weighted by Crippen LogP contribution is 2.25. The third kappa shape index (κ3) is 3.53. The third-order valence-corrected chi connectivity index (χ3v) is 3.52. The molecule has 1 aliphatic rings. The van der Waals surface area contributed by atoms with Crippen LogP contribution in [0, 0.1) is 6.92 Å². The van der Waals surface area contributed by atoms with E-state index in [9.17, 15) is 4.79 Å². The Bertz CT molecular complexity index is 716. The quantitative estimate of drug-likeness (QED) is 0.842. The minimum absolute atomic E-state index is 0.0136. The highest BCUT2D eigenvalue weighted by molar-refractivity contribution is 5.92. The molecule has 1 atom stereocenters. The molecule has 3 rings (SSSR count). The Morgan fingerprint density at radius 3 is 2.92 bits per heavy atom. The molecule has 0 saturated carbocycles. The van der Waals surface area contributed by atoms with Gasteiger partial charge in [-0.15, -0.1) is 10.2 Å². The molecule has 0 bridgehead atoms. The van der Waals surface area contributed by atoms with E-state index >= 15 is 0 Å². The van der Waals surface area contributed by atoms with Crippen LogP contribution < -0.4 is 4.74 Å². The van der Waals surface area contributed by atoms with Crippen LogP contribution in [0.25, 0.3) is 0 Å². The smallest absolute Gasteiger partial charge is 0.273 e. The van der Waals surface area contributed by atoms with E-state index < -0.39 is 6.04 Å². The number of aromatic nitrogens is 3. The Balaban J connectivity index is 1.84. The summed E-state index contributed by atoms with van der Waals surface area (Å²) in [6, 6.07) is 4.74. The molecular formula is C16H20N4O4. The van der Waals surface area contributed by atoms with Gasteiger partial charge in [-0.2, -0.15) is 0 Å². The van der Waals surface area contributed by atoms with Gasteiger partial charge in [-0.25, -0.2) is 4.98 Å². The molecule has 1 aliphatic heterocycles. The van der Waals surface area contributed by atoms with Crippen molar-refractivity contribution in [3.8, 4) is 5.88 Å². The van der Waals surface area contributed by atoms with Crippen LogP contribution in [-0.4, -0.2) is 51.9 Å². The summed E-state index contributed by atoms with van der Waals surface area (Å²) in [6.07, 6.45) is -0.0136. The molecule has 2 aromatic heterocycles. The first kappa shape index (κ1) is 16.4. The monoisotopic (exact) mass is 332 g/mol. The number of hydrogen-bond donors (Lipinski definition) is 0. The number of rotatable bonds is 4. The molecule has 0 aliphatic carbocycles. The summed E-state index contributed by atoms with van der Waals surface area (Å²) >= 11 is 0. The van der Waals surface area contributed by atoms with Gasteiger partial charge in [-0.05, 0) is 19.9 Å². The highest BCUT2D eigenvalue weighted by atomic mass is 16.5. The molecule has 1 unspecified atom stereocenters. The number of nitrogens with zero attached hydrogens (tertiary/aromatic N) is 4. The zero-order valence-electron chi connectivity index (χ0n) is 13.9. The van der Waals surface area contributed by atoms with Crippen molar-refractivity contribution in [3.05, 3.63) is 35.7 Å². The number of hydrogen-bond acceptors (Lipinski definition) is 7. The number of carbonyl (C=O) groups excluding carboxylic acids is 1. The summed E-state index contributed by atoms with van der Waals surface area (Å²) in [4.78, 5) is 18.8. The van der Waals surface area contributed by atoms with Crippen molar-refractivity contribution < 1.29 is 18.7 Å². The molecule has 1 fully saturated rings. The van der Waals surface area contributed by atoms with E-state index in [1.54, 1.807) is 30.0 Å². The average molecular weight is 332 g/mol. The van der Waals surface area contributed by atoms with E-state index in [0.717, 1.165) is 0 Å². The van der Waals surface area contributed by atoms with Gasteiger partial charge >= 0.3 is 0 Å². The van der Waals surface area contributed by atoms with Gasteiger partial charge < -0.3 is 18.8 Å². The second kappa shape index (κ2) is 6.96. The molecule has 1 saturated heterocycles. The predicted octanol–water partition coefficient (Wildman–Crippen LogP) is 1.77. The molecule has 0 aromatic carbocycles. The molecule has 128 valence electrons. The molecule has 8 nitrogen and oxygen atoms in total. The van der Waals surface area contributed by atoms with Crippen LogP contribution in [0.4, 0.5) is 0 Å². The Hall–Kier alpha value is -2.48. The number of aryl methyl sites for hydroxylation is 1. The zero-order valence-corrected chi connectivity index (χ0v) is 13.9. The molecule has 2 aromatic rings. The van der Waals surface area contributed by atoms with E-state index in [1.165, 1.54) is 0 Å². The number of ether oxygens (including phenoxy) is 2. The van der Waals surface area contributed by atoms with Crippen LogP contribution in [0.3, 0.4) is 0 Å². The molecule has 0 N–H and O–H groups in total. The average Bonchev–Trinajstić information content (AvgIpc) is 3.00. The van der Waals surface area contributed by atoms with Gasteiger partial charge in [0.25, 0.3) is 5.91 Å². The molecule has 0 radical (unpaired) electrons. The van der Waals surface area contributed by atoms with Crippen LogP contribution in [-0.2, 0) is 4.74 Å².